The lowest BCUT2D eigenvalue weighted by Gasteiger charge is -2.05. The summed E-state index contributed by atoms with van der Waals surface area (Å²) in [6.45, 7) is 0. The van der Waals surface area contributed by atoms with E-state index < -0.39 is 5.97 Å². The molecule has 2 aromatic heterocycles. The van der Waals surface area contributed by atoms with E-state index in [1.54, 1.807) is 12.1 Å². The summed E-state index contributed by atoms with van der Waals surface area (Å²) >= 11 is 2.52. The number of amides is 1. The molecule has 0 aliphatic carbocycles. The highest BCUT2D eigenvalue weighted by molar-refractivity contribution is 7.99. The van der Waals surface area contributed by atoms with E-state index in [1.165, 1.54) is 28.2 Å². The zero-order valence-electron chi connectivity index (χ0n) is 15.3. The van der Waals surface area contributed by atoms with Crippen LogP contribution < -0.4 is 5.32 Å². The topological polar surface area (TPSA) is 123 Å². The van der Waals surface area contributed by atoms with Crippen molar-refractivity contribution in [3.8, 4) is 16.9 Å². The first-order chi connectivity index (χ1) is 14.6. The first kappa shape index (κ1) is 19.7. The Morgan fingerprint density at radius 1 is 1.10 bits per heavy atom. The number of anilines is 1. The Bertz CT molecular complexity index is 1170. The van der Waals surface area contributed by atoms with Gasteiger partial charge in [0.05, 0.1) is 22.7 Å². The van der Waals surface area contributed by atoms with Crippen LogP contribution in [0.15, 0.2) is 65.1 Å². The fourth-order valence-electron chi connectivity index (χ4n) is 2.53. The zero-order valence-corrected chi connectivity index (χ0v) is 16.9. The van der Waals surface area contributed by atoms with Crippen molar-refractivity contribution in [2.75, 3.05) is 11.1 Å². The molecule has 0 unspecified atom stereocenters. The van der Waals surface area contributed by atoms with Crippen LogP contribution in [0.1, 0.15) is 10.4 Å². The van der Waals surface area contributed by atoms with Crippen molar-refractivity contribution in [2.24, 2.45) is 0 Å². The Kier molecular flexibility index (Phi) is 5.82. The lowest BCUT2D eigenvalue weighted by Crippen LogP contribution is -2.14. The number of carboxylic acid groups (broad SMARTS) is 1. The van der Waals surface area contributed by atoms with E-state index in [9.17, 15) is 9.59 Å². The molecule has 0 atom stereocenters. The van der Waals surface area contributed by atoms with E-state index in [0.717, 1.165) is 23.0 Å². The molecule has 2 N–H and O–H groups in total. The van der Waals surface area contributed by atoms with E-state index in [0.29, 0.717) is 16.0 Å². The van der Waals surface area contributed by atoms with E-state index in [-0.39, 0.29) is 17.2 Å². The average Bonchev–Trinajstić information content (AvgIpc) is 3.42. The van der Waals surface area contributed by atoms with Gasteiger partial charge in [-0.1, -0.05) is 42.1 Å². The van der Waals surface area contributed by atoms with E-state index in [2.05, 4.69) is 25.8 Å². The van der Waals surface area contributed by atoms with Crippen molar-refractivity contribution in [2.45, 2.75) is 5.16 Å². The second-order valence-electron chi connectivity index (χ2n) is 5.97. The van der Waals surface area contributed by atoms with Crippen molar-refractivity contribution in [1.29, 1.82) is 0 Å². The van der Waals surface area contributed by atoms with Gasteiger partial charge in [0.25, 0.3) is 0 Å². The van der Waals surface area contributed by atoms with Crippen molar-refractivity contribution >= 4 is 40.1 Å². The number of hydrogen-bond acceptors (Lipinski definition) is 8. The minimum atomic E-state index is -1.01. The number of carbonyl (C=O) groups is 2. The van der Waals surface area contributed by atoms with Crippen molar-refractivity contribution in [3.05, 3.63) is 65.5 Å². The third-order valence-electron chi connectivity index (χ3n) is 3.95. The molecule has 30 heavy (non-hydrogen) atoms. The van der Waals surface area contributed by atoms with Gasteiger partial charge in [0.2, 0.25) is 11.1 Å². The van der Waals surface area contributed by atoms with Gasteiger partial charge in [0.15, 0.2) is 5.13 Å². The summed E-state index contributed by atoms with van der Waals surface area (Å²) in [5.74, 6) is -1.15. The third-order valence-corrected chi connectivity index (χ3v) is 5.63. The third kappa shape index (κ3) is 4.53. The molecule has 150 valence electrons. The molecule has 4 aromatic rings. The zero-order chi connectivity index (χ0) is 20.9. The molecule has 4 rings (SSSR count). The molecular formula is C19H14N6O3S2. The van der Waals surface area contributed by atoms with Gasteiger partial charge in [-0.15, -0.1) is 16.4 Å². The maximum atomic E-state index is 12.3. The molecular weight excluding hydrogens is 424 g/mol. The highest BCUT2D eigenvalue weighted by atomic mass is 32.2. The lowest BCUT2D eigenvalue weighted by atomic mass is 10.2. The number of rotatable bonds is 7. The van der Waals surface area contributed by atoms with Gasteiger partial charge < -0.3 is 10.4 Å². The minimum Gasteiger partial charge on any atom is -0.478 e. The Labute approximate surface area is 178 Å². The highest BCUT2D eigenvalue weighted by Gasteiger charge is 2.14. The van der Waals surface area contributed by atoms with Crippen LogP contribution in [0.4, 0.5) is 5.13 Å². The number of hydrogen-bond donors (Lipinski definition) is 2. The van der Waals surface area contributed by atoms with Gasteiger partial charge in [-0.3, -0.25) is 4.79 Å². The molecule has 0 radical (unpaired) electrons. The fourth-order valence-corrected chi connectivity index (χ4v) is 3.96. The Morgan fingerprint density at radius 3 is 2.60 bits per heavy atom. The molecule has 1 amide bonds. The van der Waals surface area contributed by atoms with Gasteiger partial charge in [0.1, 0.15) is 0 Å². The van der Waals surface area contributed by atoms with Crippen molar-refractivity contribution < 1.29 is 14.7 Å². The summed E-state index contributed by atoms with van der Waals surface area (Å²) in [5, 5.41) is 26.1. The molecule has 9 nitrogen and oxygen atoms in total. The summed E-state index contributed by atoms with van der Waals surface area (Å²) < 4.78 is 1.44. The van der Waals surface area contributed by atoms with Crippen molar-refractivity contribution in [1.82, 2.24) is 25.2 Å². The van der Waals surface area contributed by atoms with Crippen molar-refractivity contribution in [3.63, 3.8) is 0 Å². The quantitative estimate of drug-likeness (QED) is 0.422. The van der Waals surface area contributed by atoms with Crippen LogP contribution in [0.2, 0.25) is 0 Å². The van der Waals surface area contributed by atoms with Crippen LogP contribution in [0, 0.1) is 0 Å². The first-order valence-electron chi connectivity index (χ1n) is 8.66. The Balaban J connectivity index is 1.38. The van der Waals surface area contributed by atoms with E-state index in [1.807, 2.05) is 35.7 Å². The predicted molar refractivity (Wildman–Crippen MR) is 113 cm³/mol. The summed E-state index contributed by atoms with van der Waals surface area (Å²) in [6, 6.07) is 15.9. The number of thiazole rings is 1. The molecule has 0 saturated heterocycles. The summed E-state index contributed by atoms with van der Waals surface area (Å²) in [6.07, 6.45) is 0. The highest BCUT2D eigenvalue weighted by Crippen LogP contribution is 2.25. The molecule has 0 saturated carbocycles. The minimum absolute atomic E-state index is 0.0911. The van der Waals surface area contributed by atoms with E-state index in [4.69, 9.17) is 5.11 Å². The van der Waals surface area contributed by atoms with Gasteiger partial charge in [0, 0.05) is 10.9 Å². The molecule has 0 aliphatic rings. The average molecular weight is 438 g/mol. The van der Waals surface area contributed by atoms with Crippen LogP contribution in [0.25, 0.3) is 16.9 Å². The molecule has 11 heteroatoms. The van der Waals surface area contributed by atoms with Gasteiger partial charge >= 0.3 is 5.97 Å². The summed E-state index contributed by atoms with van der Waals surface area (Å²) in [7, 11) is 0. The van der Waals surface area contributed by atoms with Gasteiger partial charge in [-0.2, -0.15) is 4.68 Å². The fraction of sp³-hybridized carbons (Fsp3) is 0.0526. The predicted octanol–water partition coefficient (Wildman–Crippen LogP) is 3.21. The molecule has 0 aliphatic heterocycles. The number of aromatic carboxylic acids is 1. The molecule has 0 fully saturated rings. The molecule has 2 aromatic carbocycles. The number of tetrazole rings is 1. The maximum absolute atomic E-state index is 12.3. The number of nitrogens with zero attached hydrogens (tertiary/aromatic N) is 5. The number of benzene rings is 2. The van der Waals surface area contributed by atoms with Gasteiger partial charge in [-0.05, 0) is 34.7 Å². The second kappa shape index (κ2) is 8.84. The Morgan fingerprint density at radius 2 is 1.87 bits per heavy atom. The number of thioether (sulfide) groups is 1. The Hall–Kier alpha value is -3.57. The van der Waals surface area contributed by atoms with Crippen LogP contribution in [-0.4, -0.2) is 47.9 Å². The first-order valence-corrected chi connectivity index (χ1v) is 10.5. The largest absolute Gasteiger partial charge is 0.478 e. The normalized spacial score (nSPS) is 10.7. The number of carbonyl (C=O) groups excluding carboxylic acids is 1. The SMILES string of the molecule is O=C(CSc1nnnn1-c1ccc(C(=O)O)cc1)Nc1nc(-c2ccccc2)cs1. The number of nitrogens with one attached hydrogen (secondary N) is 1. The molecule has 0 bridgehead atoms. The summed E-state index contributed by atoms with van der Waals surface area (Å²) in [5.41, 5.74) is 2.55. The van der Waals surface area contributed by atoms with Gasteiger partial charge in [-0.25, -0.2) is 9.78 Å². The standard InChI is InChI=1S/C19H14N6O3S2/c26-16(21-18-20-15(10-29-18)12-4-2-1-3-5-12)11-30-19-22-23-24-25(19)14-8-6-13(7-9-14)17(27)28/h1-10H,11H2,(H,27,28)(H,20,21,26). The summed E-state index contributed by atoms with van der Waals surface area (Å²) in [4.78, 5) is 27.7. The van der Waals surface area contributed by atoms with Crippen LogP contribution in [0.3, 0.4) is 0 Å². The van der Waals surface area contributed by atoms with Crippen LogP contribution >= 0.6 is 23.1 Å². The van der Waals surface area contributed by atoms with Crippen LogP contribution in [-0.2, 0) is 4.79 Å². The molecule has 0 spiro atoms. The molecule has 2 heterocycles. The number of carboxylic acids is 1. The van der Waals surface area contributed by atoms with Crippen LogP contribution in [0.5, 0.6) is 0 Å². The smallest absolute Gasteiger partial charge is 0.335 e. The van der Waals surface area contributed by atoms with E-state index >= 15 is 0 Å². The monoisotopic (exact) mass is 438 g/mol. The lowest BCUT2D eigenvalue weighted by molar-refractivity contribution is -0.113. The number of aromatic nitrogens is 5. The maximum Gasteiger partial charge on any atom is 0.335 e. The second-order valence-corrected chi connectivity index (χ2v) is 7.77.